The zero-order valence-corrected chi connectivity index (χ0v) is 11.1. The van der Waals surface area contributed by atoms with E-state index in [-0.39, 0.29) is 5.41 Å². The average Bonchev–Trinajstić information content (AvgIpc) is 2.63. The molecule has 0 aliphatic heterocycles. The molecule has 0 heterocycles. The lowest BCUT2D eigenvalue weighted by Crippen LogP contribution is -2.11. The summed E-state index contributed by atoms with van der Waals surface area (Å²) >= 11 is 0. The molecule has 2 aromatic rings. The van der Waals surface area contributed by atoms with Crippen LogP contribution in [-0.2, 0) is 5.41 Å². The van der Waals surface area contributed by atoms with Crippen LogP contribution in [-0.4, -0.2) is 5.11 Å². The molecule has 1 aliphatic carbocycles. The Kier molecular flexibility index (Phi) is 2.36. The number of hydrogen-bond acceptors (Lipinski definition) is 1. The van der Waals surface area contributed by atoms with Crippen LogP contribution in [0, 0.1) is 0 Å². The molecule has 0 amide bonds. The molecule has 3 rings (SSSR count). The van der Waals surface area contributed by atoms with Gasteiger partial charge in [-0.15, -0.1) is 0 Å². The highest BCUT2D eigenvalue weighted by Crippen LogP contribution is 2.44. The third kappa shape index (κ3) is 1.58. The van der Waals surface area contributed by atoms with Crippen LogP contribution in [0.3, 0.4) is 0 Å². The molecule has 0 fully saturated rings. The summed E-state index contributed by atoms with van der Waals surface area (Å²) in [6, 6.07) is 14.6. The van der Waals surface area contributed by atoms with Crippen LogP contribution in [0.25, 0.3) is 11.1 Å². The number of aliphatic hydroxyl groups excluding tert-OH is 1. The zero-order chi connectivity index (χ0) is 12.9. The lowest BCUT2D eigenvalue weighted by atomic mass is 9.85. The van der Waals surface area contributed by atoms with Gasteiger partial charge in [0.05, 0.1) is 0 Å². The van der Waals surface area contributed by atoms with E-state index in [2.05, 4.69) is 45.0 Å². The van der Waals surface area contributed by atoms with Crippen molar-refractivity contribution in [2.24, 2.45) is 0 Å². The molecule has 1 heteroatoms. The quantitative estimate of drug-likeness (QED) is 0.734. The topological polar surface area (TPSA) is 20.2 Å². The SMILES string of the molecule is CC(C)(C)c1ccc2c(c1)C(O)c1ccccc1-2. The van der Waals surface area contributed by atoms with Gasteiger partial charge in [-0.05, 0) is 33.2 Å². The largest absolute Gasteiger partial charge is 0.384 e. The van der Waals surface area contributed by atoms with Crippen molar-refractivity contribution in [1.82, 2.24) is 0 Å². The molecule has 0 bridgehead atoms. The van der Waals surface area contributed by atoms with E-state index in [1.165, 1.54) is 16.7 Å². The summed E-state index contributed by atoms with van der Waals surface area (Å²) < 4.78 is 0. The maximum atomic E-state index is 10.4. The smallest absolute Gasteiger partial charge is 0.105 e. The van der Waals surface area contributed by atoms with Crippen molar-refractivity contribution in [3.8, 4) is 11.1 Å². The monoisotopic (exact) mass is 238 g/mol. The highest BCUT2D eigenvalue weighted by atomic mass is 16.3. The Morgan fingerprint density at radius 3 is 2.28 bits per heavy atom. The number of rotatable bonds is 0. The van der Waals surface area contributed by atoms with Crippen LogP contribution in [0.15, 0.2) is 42.5 Å². The lowest BCUT2D eigenvalue weighted by Gasteiger charge is -2.20. The molecule has 0 aromatic heterocycles. The molecule has 1 nitrogen and oxygen atoms in total. The Morgan fingerprint density at radius 2 is 1.56 bits per heavy atom. The highest BCUT2D eigenvalue weighted by Gasteiger charge is 2.28. The fraction of sp³-hybridized carbons (Fsp3) is 0.294. The maximum Gasteiger partial charge on any atom is 0.105 e. The summed E-state index contributed by atoms with van der Waals surface area (Å²) in [6.45, 7) is 6.59. The summed E-state index contributed by atoms with van der Waals surface area (Å²) in [5, 5.41) is 10.4. The number of fused-ring (bicyclic) bond motifs is 3. The fourth-order valence-corrected chi connectivity index (χ4v) is 2.65. The maximum absolute atomic E-state index is 10.4. The van der Waals surface area contributed by atoms with Crippen molar-refractivity contribution in [2.45, 2.75) is 32.3 Å². The van der Waals surface area contributed by atoms with E-state index in [0.29, 0.717) is 0 Å². The first-order valence-corrected chi connectivity index (χ1v) is 6.40. The predicted octanol–water partition coefficient (Wildman–Crippen LogP) is 4.05. The van der Waals surface area contributed by atoms with Gasteiger partial charge in [0.2, 0.25) is 0 Å². The molecular weight excluding hydrogens is 220 g/mol. The van der Waals surface area contributed by atoms with E-state index in [1.807, 2.05) is 18.2 Å². The van der Waals surface area contributed by atoms with Gasteiger partial charge in [-0.3, -0.25) is 0 Å². The summed E-state index contributed by atoms with van der Waals surface area (Å²) in [5.74, 6) is 0. The Balaban J connectivity index is 2.20. The molecular formula is C17H18O. The molecule has 1 aliphatic rings. The molecule has 0 spiro atoms. The second-order valence-electron chi connectivity index (χ2n) is 6.04. The molecule has 1 atom stereocenters. The van der Waals surface area contributed by atoms with Crippen molar-refractivity contribution < 1.29 is 5.11 Å². The van der Waals surface area contributed by atoms with Gasteiger partial charge in [-0.2, -0.15) is 0 Å². The zero-order valence-electron chi connectivity index (χ0n) is 11.1. The van der Waals surface area contributed by atoms with Crippen LogP contribution in [0.1, 0.15) is 43.6 Å². The van der Waals surface area contributed by atoms with E-state index in [9.17, 15) is 5.11 Å². The normalized spacial score (nSPS) is 17.4. The molecule has 92 valence electrons. The van der Waals surface area contributed by atoms with E-state index in [4.69, 9.17) is 0 Å². The fourth-order valence-electron chi connectivity index (χ4n) is 2.65. The van der Waals surface area contributed by atoms with Gasteiger partial charge in [0.15, 0.2) is 0 Å². The summed E-state index contributed by atoms with van der Waals surface area (Å²) in [7, 11) is 0. The first kappa shape index (κ1) is 11.5. The third-order valence-electron chi connectivity index (χ3n) is 3.76. The minimum absolute atomic E-state index is 0.115. The molecule has 1 N–H and O–H groups in total. The van der Waals surface area contributed by atoms with E-state index < -0.39 is 6.10 Å². The minimum Gasteiger partial charge on any atom is -0.384 e. The van der Waals surface area contributed by atoms with Crippen molar-refractivity contribution in [2.75, 3.05) is 0 Å². The van der Waals surface area contributed by atoms with Crippen LogP contribution in [0.4, 0.5) is 0 Å². The second kappa shape index (κ2) is 3.69. The summed E-state index contributed by atoms with van der Waals surface area (Å²) in [4.78, 5) is 0. The van der Waals surface area contributed by atoms with Gasteiger partial charge in [-0.1, -0.05) is 63.2 Å². The minimum atomic E-state index is -0.474. The first-order chi connectivity index (χ1) is 8.48. The Hall–Kier alpha value is -1.60. The number of aliphatic hydroxyl groups is 1. The third-order valence-corrected chi connectivity index (χ3v) is 3.76. The van der Waals surface area contributed by atoms with Gasteiger partial charge in [-0.25, -0.2) is 0 Å². The molecule has 18 heavy (non-hydrogen) atoms. The molecule has 2 aromatic carbocycles. The number of benzene rings is 2. The van der Waals surface area contributed by atoms with Gasteiger partial charge in [0.25, 0.3) is 0 Å². The standard InChI is InChI=1S/C17H18O/c1-17(2,3)11-8-9-13-12-6-4-5-7-14(12)16(18)15(13)10-11/h4-10,16,18H,1-3H3. The van der Waals surface area contributed by atoms with Gasteiger partial charge in [0, 0.05) is 0 Å². The summed E-state index contributed by atoms with van der Waals surface area (Å²) in [6.07, 6.45) is -0.474. The van der Waals surface area contributed by atoms with Gasteiger partial charge < -0.3 is 5.11 Å². The van der Waals surface area contributed by atoms with Crippen LogP contribution < -0.4 is 0 Å². The Morgan fingerprint density at radius 1 is 0.889 bits per heavy atom. The average molecular weight is 238 g/mol. The Bertz CT molecular complexity index is 605. The lowest BCUT2D eigenvalue weighted by molar-refractivity contribution is 0.225. The van der Waals surface area contributed by atoms with Crippen molar-refractivity contribution in [3.05, 3.63) is 59.2 Å². The van der Waals surface area contributed by atoms with Crippen molar-refractivity contribution >= 4 is 0 Å². The molecule has 0 saturated carbocycles. The van der Waals surface area contributed by atoms with E-state index in [0.717, 1.165) is 11.1 Å². The summed E-state index contributed by atoms with van der Waals surface area (Å²) in [5.41, 5.74) is 5.80. The Labute approximate surface area is 108 Å². The molecule has 0 radical (unpaired) electrons. The van der Waals surface area contributed by atoms with Crippen molar-refractivity contribution in [1.29, 1.82) is 0 Å². The van der Waals surface area contributed by atoms with Crippen LogP contribution in [0.5, 0.6) is 0 Å². The molecule has 1 unspecified atom stereocenters. The number of hydrogen-bond donors (Lipinski definition) is 1. The van der Waals surface area contributed by atoms with Crippen LogP contribution in [0.2, 0.25) is 0 Å². The molecule has 0 saturated heterocycles. The van der Waals surface area contributed by atoms with Crippen LogP contribution >= 0.6 is 0 Å². The van der Waals surface area contributed by atoms with Crippen molar-refractivity contribution in [3.63, 3.8) is 0 Å². The van der Waals surface area contributed by atoms with E-state index >= 15 is 0 Å². The predicted molar refractivity (Wildman–Crippen MR) is 74.6 cm³/mol. The van der Waals surface area contributed by atoms with Gasteiger partial charge >= 0.3 is 0 Å². The highest BCUT2D eigenvalue weighted by molar-refractivity contribution is 5.78. The van der Waals surface area contributed by atoms with Gasteiger partial charge in [0.1, 0.15) is 6.10 Å². The second-order valence-corrected chi connectivity index (χ2v) is 6.04. The van der Waals surface area contributed by atoms with E-state index in [1.54, 1.807) is 0 Å². The first-order valence-electron chi connectivity index (χ1n) is 6.40.